The molecule has 0 amide bonds. The number of rotatable bonds is 3. The van der Waals surface area contributed by atoms with Crippen molar-refractivity contribution in [2.75, 3.05) is 16.8 Å². The largest absolute Gasteiger partial charge is 0.382 e. The Bertz CT molecular complexity index is 584. The minimum Gasteiger partial charge on any atom is -0.382 e. The summed E-state index contributed by atoms with van der Waals surface area (Å²) in [5.41, 5.74) is 1.69. The van der Waals surface area contributed by atoms with Crippen molar-refractivity contribution in [3.8, 4) is 0 Å². The van der Waals surface area contributed by atoms with Crippen LogP contribution in [0.4, 0.5) is 11.4 Å². The number of nitrogens with one attached hydrogen (secondary N) is 1. The van der Waals surface area contributed by atoms with Crippen LogP contribution in [0.15, 0.2) is 18.2 Å². The minimum atomic E-state index is -2.87. The van der Waals surface area contributed by atoms with E-state index in [0.29, 0.717) is 12.8 Å². The van der Waals surface area contributed by atoms with Gasteiger partial charge in [-0.15, -0.1) is 0 Å². The number of hydrogen-bond donors (Lipinski definition) is 1. The zero-order valence-corrected chi connectivity index (χ0v) is 11.4. The van der Waals surface area contributed by atoms with Crippen LogP contribution in [-0.4, -0.2) is 30.9 Å². The summed E-state index contributed by atoms with van der Waals surface area (Å²) in [5.74, 6) is 0.410. The topological polar surface area (TPSA) is 89.3 Å². The maximum Gasteiger partial charge on any atom is 0.269 e. The van der Waals surface area contributed by atoms with E-state index in [2.05, 4.69) is 5.32 Å². The highest BCUT2D eigenvalue weighted by Gasteiger charge is 2.23. The first-order chi connectivity index (χ1) is 8.87. The van der Waals surface area contributed by atoms with Crippen molar-refractivity contribution in [1.82, 2.24) is 0 Å². The second-order valence-electron chi connectivity index (χ2n) is 4.83. The van der Waals surface area contributed by atoms with Crippen LogP contribution in [0.25, 0.3) is 0 Å². The van der Waals surface area contributed by atoms with Gasteiger partial charge in [0.2, 0.25) is 0 Å². The number of nitrogens with zero attached hydrogens (tertiary/aromatic N) is 1. The first-order valence-electron chi connectivity index (χ1n) is 6.09. The second-order valence-corrected chi connectivity index (χ2v) is 7.13. The second kappa shape index (κ2) is 5.16. The molecule has 1 saturated heterocycles. The fourth-order valence-electron chi connectivity index (χ4n) is 2.18. The van der Waals surface area contributed by atoms with Gasteiger partial charge < -0.3 is 5.32 Å². The molecule has 0 aromatic heterocycles. The molecule has 7 heteroatoms. The molecule has 2 rings (SSSR count). The van der Waals surface area contributed by atoms with E-state index in [1.54, 1.807) is 13.0 Å². The molecule has 19 heavy (non-hydrogen) atoms. The summed E-state index contributed by atoms with van der Waals surface area (Å²) in [6.45, 7) is 1.80. The molecule has 0 radical (unpaired) electrons. The summed E-state index contributed by atoms with van der Waals surface area (Å²) in [7, 11) is -2.87. The van der Waals surface area contributed by atoms with Gasteiger partial charge in [-0.05, 0) is 31.4 Å². The molecule has 6 nitrogen and oxygen atoms in total. The average Bonchev–Trinajstić information content (AvgIpc) is 2.34. The van der Waals surface area contributed by atoms with Crippen molar-refractivity contribution in [3.63, 3.8) is 0 Å². The number of non-ortho nitro benzene ring substituents is 1. The fourth-order valence-corrected chi connectivity index (χ4v) is 3.67. The average molecular weight is 284 g/mol. The van der Waals surface area contributed by atoms with Gasteiger partial charge in [0.1, 0.15) is 9.84 Å². The summed E-state index contributed by atoms with van der Waals surface area (Å²) in [4.78, 5) is 10.2. The maximum atomic E-state index is 11.3. The van der Waals surface area contributed by atoms with Crippen LogP contribution < -0.4 is 5.32 Å². The molecular formula is C12H16N2O4S. The summed E-state index contributed by atoms with van der Waals surface area (Å²) in [6.07, 6.45) is 1.16. The highest BCUT2D eigenvalue weighted by atomic mass is 32.2. The number of aryl methyl sites for hydroxylation is 1. The smallest absolute Gasteiger partial charge is 0.269 e. The zero-order chi connectivity index (χ0) is 14.0. The Morgan fingerprint density at radius 1 is 1.32 bits per heavy atom. The normalized spacial score (nSPS) is 19.0. The van der Waals surface area contributed by atoms with E-state index in [4.69, 9.17) is 0 Å². The maximum absolute atomic E-state index is 11.3. The van der Waals surface area contributed by atoms with Crippen LogP contribution >= 0.6 is 0 Å². The van der Waals surface area contributed by atoms with Crippen LogP contribution in [0, 0.1) is 17.0 Å². The van der Waals surface area contributed by atoms with Crippen molar-refractivity contribution in [2.45, 2.75) is 25.8 Å². The Balaban J connectivity index is 2.06. The summed E-state index contributed by atoms with van der Waals surface area (Å²) >= 11 is 0. The lowest BCUT2D eigenvalue weighted by molar-refractivity contribution is -0.384. The van der Waals surface area contributed by atoms with Gasteiger partial charge in [0, 0.05) is 23.9 Å². The van der Waals surface area contributed by atoms with Crippen molar-refractivity contribution in [2.24, 2.45) is 0 Å². The van der Waals surface area contributed by atoms with Gasteiger partial charge in [0.25, 0.3) is 5.69 Å². The molecule has 0 atom stereocenters. The fraction of sp³-hybridized carbons (Fsp3) is 0.500. The molecule has 0 unspecified atom stereocenters. The van der Waals surface area contributed by atoms with E-state index in [1.807, 2.05) is 0 Å². The molecule has 1 aliphatic heterocycles. The number of anilines is 1. The number of nitro benzene ring substituents is 1. The van der Waals surface area contributed by atoms with Gasteiger partial charge in [0.15, 0.2) is 0 Å². The van der Waals surface area contributed by atoms with Crippen LogP contribution in [0.2, 0.25) is 0 Å². The molecule has 0 bridgehead atoms. The SMILES string of the molecule is Cc1cc([N+](=O)[O-])ccc1NC1CCS(=O)(=O)CC1. The number of hydrogen-bond acceptors (Lipinski definition) is 5. The number of sulfone groups is 1. The first-order valence-corrected chi connectivity index (χ1v) is 7.91. The van der Waals surface area contributed by atoms with Gasteiger partial charge in [-0.3, -0.25) is 10.1 Å². The summed E-state index contributed by atoms with van der Waals surface area (Å²) in [5, 5.41) is 13.9. The van der Waals surface area contributed by atoms with Crippen molar-refractivity contribution in [1.29, 1.82) is 0 Å². The molecule has 1 N–H and O–H groups in total. The van der Waals surface area contributed by atoms with E-state index in [0.717, 1.165) is 11.3 Å². The molecular weight excluding hydrogens is 268 g/mol. The Kier molecular flexibility index (Phi) is 3.75. The monoisotopic (exact) mass is 284 g/mol. The Morgan fingerprint density at radius 3 is 2.47 bits per heavy atom. The van der Waals surface area contributed by atoms with E-state index in [-0.39, 0.29) is 23.2 Å². The molecule has 0 aliphatic carbocycles. The minimum absolute atomic E-state index is 0.0641. The van der Waals surface area contributed by atoms with Crippen molar-refractivity contribution >= 4 is 21.2 Å². The van der Waals surface area contributed by atoms with Gasteiger partial charge in [-0.1, -0.05) is 0 Å². The van der Waals surface area contributed by atoms with Gasteiger partial charge in [-0.2, -0.15) is 0 Å². The van der Waals surface area contributed by atoms with Gasteiger partial charge >= 0.3 is 0 Å². The molecule has 0 saturated carbocycles. The highest BCUT2D eigenvalue weighted by molar-refractivity contribution is 7.91. The first kappa shape index (κ1) is 13.8. The molecule has 1 fully saturated rings. The van der Waals surface area contributed by atoms with Gasteiger partial charge in [-0.25, -0.2) is 8.42 Å². The molecule has 1 aliphatic rings. The third kappa shape index (κ3) is 3.44. The molecule has 1 aromatic rings. The van der Waals surface area contributed by atoms with E-state index < -0.39 is 14.8 Å². The quantitative estimate of drug-likeness (QED) is 0.676. The molecule has 104 valence electrons. The third-order valence-corrected chi connectivity index (χ3v) is 5.05. The number of benzene rings is 1. The lowest BCUT2D eigenvalue weighted by Gasteiger charge is -2.24. The standard InChI is InChI=1S/C12H16N2O4S/c1-9-8-11(14(15)16)2-3-12(9)13-10-4-6-19(17,18)7-5-10/h2-3,8,10,13H,4-7H2,1H3. The van der Waals surface area contributed by atoms with Crippen LogP contribution in [0.1, 0.15) is 18.4 Å². The Labute approximate surface area is 111 Å². The van der Waals surface area contributed by atoms with E-state index in [9.17, 15) is 18.5 Å². The lowest BCUT2D eigenvalue weighted by atomic mass is 10.1. The summed E-state index contributed by atoms with van der Waals surface area (Å²) in [6, 6.07) is 4.76. The van der Waals surface area contributed by atoms with Gasteiger partial charge in [0.05, 0.1) is 16.4 Å². The predicted molar refractivity (Wildman–Crippen MR) is 73.1 cm³/mol. The van der Waals surface area contributed by atoms with Crippen LogP contribution in [0.3, 0.4) is 0 Å². The van der Waals surface area contributed by atoms with E-state index in [1.165, 1.54) is 12.1 Å². The molecule has 0 spiro atoms. The Morgan fingerprint density at radius 2 is 1.95 bits per heavy atom. The zero-order valence-electron chi connectivity index (χ0n) is 10.6. The number of nitro groups is 1. The van der Waals surface area contributed by atoms with Crippen molar-refractivity contribution < 1.29 is 13.3 Å². The van der Waals surface area contributed by atoms with E-state index >= 15 is 0 Å². The predicted octanol–water partition coefficient (Wildman–Crippen LogP) is 1.89. The van der Waals surface area contributed by atoms with Crippen LogP contribution in [0.5, 0.6) is 0 Å². The van der Waals surface area contributed by atoms with Crippen molar-refractivity contribution in [3.05, 3.63) is 33.9 Å². The molecule has 1 heterocycles. The lowest BCUT2D eigenvalue weighted by Crippen LogP contribution is -2.32. The molecule has 1 aromatic carbocycles. The highest BCUT2D eigenvalue weighted by Crippen LogP contribution is 2.24. The summed E-state index contributed by atoms with van der Waals surface area (Å²) < 4.78 is 22.7. The van der Waals surface area contributed by atoms with Crippen LogP contribution in [-0.2, 0) is 9.84 Å². The third-order valence-electron chi connectivity index (χ3n) is 3.34. The Hall–Kier alpha value is -1.63.